The van der Waals surface area contributed by atoms with Crippen molar-refractivity contribution in [2.45, 2.75) is 12.6 Å². The van der Waals surface area contributed by atoms with Crippen LogP contribution in [0.1, 0.15) is 17.5 Å². The van der Waals surface area contributed by atoms with Gasteiger partial charge in [-0.2, -0.15) is 11.3 Å². The van der Waals surface area contributed by atoms with Gasteiger partial charge in [-0.05, 0) is 22.4 Å². The van der Waals surface area contributed by atoms with Crippen LogP contribution in [0.15, 0.2) is 23.2 Å². The summed E-state index contributed by atoms with van der Waals surface area (Å²) in [5.74, 6) is 0.907. The lowest BCUT2D eigenvalue weighted by Crippen LogP contribution is -2.38. The molecule has 0 aromatic carbocycles. The molecule has 2 aromatic rings. The first-order valence-corrected chi connectivity index (χ1v) is 6.96. The van der Waals surface area contributed by atoms with Crippen molar-refractivity contribution in [1.29, 1.82) is 0 Å². The Hall–Kier alpha value is -1.24. The molecule has 0 saturated carbocycles. The molecule has 18 heavy (non-hydrogen) atoms. The molecule has 96 valence electrons. The average molecular weight is 264 g/mol. The van der Waals surface area contributed by atoms with E-state index in [0.717, 1.165) is 32.1 Å². The van der Waals surface area contributed by atoms with Gasteiger partial charge in [0.05, 0.1) is 6.61 Å². The Kier molecular flexibility index (Phi) is 3.40. The number of ether oxygens (including phenoxy) is 1. The molecule has 1 aliphatic rings. The Bertz CT molecular complexity index is 496. The third-order valence-electron chi connectivity index (χ3n) is 3.17. The monoisotopic (exact) mass is 264 g/mol. The average Bonchev–Trinajstić information content (AvgIpc) is 3.01. The number of hydrogen-bond acceptors (Lipinski definition) is 5. The first-order chi connectivity index (χ1) is 8.83. The zero-order valence-electron chi connectivity index (χ0n) is 10.3. The van der Waals surface area contributed by atoms with Crippen LogP contribution in [-0.2, 0) is 18.3 Å². The minimum absolute atomic E-state index is 0.0323. The van der Waals surface area contributed by atoms with E-state index in [9.17, 15) is 0 Å². The highest BCUT2D eigenvalue weighted by Crippen LogP contribution is 2.21. The molecular weight excluding hydrogens is 248 g/mol. The summed E-state index contributed by atoms with van der Waals surface area (Å²) in [7, 11) is 1.95. The van der Waals surface area contributed by atoms with Gasteiger partial charge >= 0.3 is 0 Å². The fourth-order valence-corrected chi connectivity index (χ4v) is 2.89. The van der Waals surface area contributed by atoms with Crippen LogP contribution in [0.2, 0.25) is 0 Å². The van der Waals surface area contributed by atoms with Crippen molar-refractivity contribution in [2.75, 3.05) is 19.7 Å². The van der Waals surface area contributed by atoms with Gasteiger partial charge in [0.25, 0.3) is 0 Å². The fourth-order valence-electron chi connectivity index (χ4n) is 2.23. The second-order valence-corrected chi connectivity index (χ2v) is 5.31. The Balaban J connectivity index is 1.67. The molecule has 0 bridgehead atoms. The van der Waals surface area contributed by atoms with E-state index in [1.807, 2.05) is 11.6 Å². The number of aromatic nitrogens is 3. The third kappa shape index (κ3) is 2.45. The van der Waals surface area contributed by atoms with Crippen molar-refractivity contribution >= 4 is 11.3 Å². The van der Waals surface area contributed by atoms with Crippen molar-refractivity contribution < 1.29 is 4.74 Å². The first-order valence-electron chi connectivity index (χ1n) is 6.02. The van der Waals surface area contributed by atoms with E-state index >= 15 is 0 Å². The molecule has 6 heteroatoms. The van der Waals surface area contributed by atoms with Crippen LogP contribution in [-0.4, -0.2) is 39.4 Å². The second-order valence-electron chi connectivity index (χ2n) is 4.53. The maximum absolute atomic E-state index is 5.79. The van der Waals surface area contributed by atoms with Gasteiger partial charge in [0, 0.05) is 26.7 Å². The summed E-state index contributed by atoms with van der Waals surface area (Å²) in [6, 6.07) is 2.18. The van der Waals surface area contributed by atoms with E-state index in [0.29, 0.717) is 0 Å². The molecule has 1 unspecified atom stereocenters. The maximum Gasteiger partial charge on any atom is 0.163 e. The Morgan fingerprint density at radius 1 is 1.56 bits per heavy atom. The van der Waals surface area contributed by atoms with Crippen LogP contribution in [0.5, 0.6) is 0 Å². The molecule has 2 aromatic heterocycles. The summed E-state index contributed by atoms with van der Waals surface area (Å²) in [5, 5.41) is 12.4. The molecule has 0 aliphatic carbocycles. The van der Waals surface area contributed by atoms with Crippen molar-refractivity contribution in [3.05, 3.63) is 34.5 Å². The molecule has 0 radical (unpaired) electrons. The SMILES string of the molecule is Cn1cnnc1C1CN(Cc2ccsc2)CCO1. The zero-order chi connectivity index (χ0) is 12.4. The van der Waals surface area contributed by atoms with Crippen molar-refractivity contribution in [1.82, 2.24) is 19.7 Å². The minimum Gasteiger partial charge on any atom is -0.368 e. The van der Waals surface area contributed by atoms with E-state index in [1.165, 1.54) is 5.56 Å². The highest BCUT2D eigenvalue weighted by atomic mass is 32.1. The summed E-state index contributed by atoms with van der Waals surface area (Å²) in [6.45, 7) is 3.59. The van der Waals surface area contributed by atoms with Gasteiger partial charge in [0.15, 0.2) is 5.82 Å². The molecular formula is C12H16N4OS. The van der Waals surface area contributed by atoms with Gasteiger partial charge in [0.1, 0.15) is 12.4 Å². The predicted molar refractivity (Wildman–Crippen MR) is 69.3 cm³/mol. The lowest BCUT2D eigenvalue weighted by molar-refractivity contribution is -0.0385. The summed E-state index contributed by atoms with van der Waals surface area (Å²) in [4.78, 5) is 2.41. The first kappa shape index (κ1) is 11.8. The second kappa shape index (κ2) is 5.17. The van der Waals surface area contributed by atoms with Crippen LogP contribution < -0.4 is 0 Å². The molecule has 1 atom stereocenters. The Morgan fingerprint density at radius 3 is 3.22 bits per heavy atom. The van der Waals surface area contributed by atoms with Gasteiger partial charge in [-0.15, -0.1) is 10.2 Å². The maximum atomic E-state index is 5.79. The molecule has 1 fully saturated rings. The number of morpholine rings is 1. The number of nitrogens with zero attached hydrogens (tertiary/aromatic N) is 4. The largest absolute Gasteiger partial charge is 0.368 e. The van der Waals surface area contributed by atoms with Crippen molar-refractivity contribution in [2.24, 2.45) is 7.05 Å². The van der Waals surface area contributed by atoms with Gasteiger partial charge in [-0.3, -0.25) is 4.90 Å². The summed E-state index contributed by atoms with van der Waals surface area (Å²) in [5.41, 5.74) is 1.37. The van der Waals surface area contributed by atoms with E-state index in [-0.39, 0.29) is 6.10 Å². The topological polar surface area (TPSA) is 43.2 Å². The summed E-state index contributed by atoms with van der Waals surface area (Å²) >= 11 is 1.74. The van der Waals surface area contributed by atoms with Gasteiger partial charge in [-0.25, -0.2) is 0 Å². The zero-order valence-corrected chi connectivity index (χ0v) is 11.1. The quantitative estimate of drug-likeness (QED) is 0.841. The van der Waals surface area contributed by atoms with Crippen LogP contribution in [0, 0.1) is 0 Å². The number of rotatable bonds is 3. The standard InChI is InChI=1S/C12H16N4OS/c1-15-9-13-14-12(15)11-7-16(3-4-17-11)6-10-2-5-18-8-10/h2,5,8-9,11H,3-4,6-7H2,1H3. The number of aryl methyl sites for hydroxylation is 1. The van der Waals surface area contributed by atoms with Crippen LogP contribution >= 0.6 is 11.3 Å². The molecule has 5 nitrogen and oxygen atoms in total. The smallest absolute Gasteiger partial charge is 0.163 e. The van der Waals surface area contributed by atoms with Gasteiger partial charge < -0.3 is 9.30 Å². The van der Waals surface area contributed by atoms with Gasteiger partial charge in [-0.1, -0.05) is 0 Å². The molecule has 0 spiro atoms. The predicted octanol–water partition coefficient (Wildman–Crippen LogP) is 1.45. The van der Waals surface area contributed by atoms with E-state index in [2.05, 4.69) is 31.9 Å². The third-order valence-corrected chi connectivity index (χ3v) is 3.90. The normalized spacial score (nSPS) is 21.3. The molecule has 0 amide bonds. The van der Waals surface area contributed by atoms with E-state index < -0.39 is 0 Å². The highest BCUT2D eigenvalue weighted by molar-refractivity contribution is 7.07. The van der Waals surface area contributed by atoms with Crippen LogP contribution in [0.3, 0.4) is 0 Å². The lowest BCUT2D eigenvalue weighted by atomic mass is 10.2. The molecule has 3 rings (SSSR count). The molecule has 0 N–H and O–H groups in total. The van der Waals surface area contributed by atoms with Gasteiger partial charge in [0.2, 0.25) is 0 Å². The highest BCUT2D eigenvalue weighted by Gasteiger charge is 2.25. The molecule has 1 aliphatic heterocycles. The summed E-state index contributed by atoms with van der Waals surface area (Å²) in [6.07, 6.45) is 1.75. The van der Waals surface area contributed by atoms with Crippen LogP contribution in [0.4, 0.5) is 0 Å². The van der Waals surface area contributed by atoms with Crippen molar-refractivity contribution in [3.8, 4) is 0 Å². The molecule has 1 saturated heterocycles. The number of thiophene rings is 1. The fraction of sp³-hybridized carbons (Fsp3) is 0.500. The van der Waals surface area contributed by atoms with E-state index in [1.54, 1.807) is 17.7 Å². The number of hydrogen-bond donors (Lipinski definition) is 0. The summed E-state index contributed by atoms with van der Waals surface area (Å²) < 4.78 is 7.72. The lowest BCUT2D eigenvalue weighted by Gasteiger charge is -2.32. The Labute approximate surface area is 110 Å². The van der Waals surface area contributed by atoms with E-state index in [4.69, 9.17) is 4.74 Å². The van der Waals surface area contributed by atoms with Crippen LogP contribution in [0.25, 0.3) is 0 Å². The van der Waals surface area contributed by atoms with Crippen molar-refractivity contribution in [3.63, 3.8) is 0 Å². The minimum atomic E-state index is 0.0323. The Morgan fingerprint density at radius 2 is 2.50 bits per heavy atom. The molecule has 3 heterocycles.